The van der Waals surface area contributed by atoms with Crippen molar-refractivity contribution < 1.29 is 8.42 Å². The molecule has 4 rings (SSSR count). The molecular formula is C21H22N4O3S. The van der Waals surface area contributed by atoms with Crippen LogP contribution >= 0.6 is 0 Å². The van der Waals surface area contributed by atoms with Gasteiger partial charge in [0.2, 0.25) is 10.0 Å². The Morgan fingerprint density at radius 3 is 2.17 bits per heavy atom. The van der Waals surface area contributed by atoms with Crippen molar-refractivity contribution in [3.8, 4) is 5.69 Å². The van der Waals surface area contributed by atoms with E-state index in [1.807, 2.05) is 35.2 Å². The van der Waals surface area contributed by atoms with Gasteiger partial charge in [-0.3, -0.25) is 4.79 Å². The molecule has 0 radical (unpaired) electrons. The maximum absolute atomic E-state index is 12.9. The topological polar surface area (TPSA) is 75.5 Å². The molecule has 1 saturated heterocycles. The zero-order chi connectivity index (χ0) is 20.3. The first-order valence-electron chi connectivity index (χ1n) is 9.52. The van der Waals surface area contributed by atoms with Crippen molar-refractivity contribution in [3.63, 3.8) is 0 Å². The second-order valence-corrected chi connectivity index (χ2v) is 8.77. The highest BCUT2D eigenvalue weighted by Gasteiger charge is 2.27. The molecule has 1 fully saturated rings. The highest BCUT2D eigenvalue weighted by molar-refractivity contribution is 7.89. The molecule has 1 aliphatic rings. The van der Waals surface area contributed by atoms with E-state index < -0.39 is 10.0 Å². The van der Waals surface area contributed by atoms with Crippen LogP contribution in [-0.4, -0.2) is 48.7 Å². The summed E-state index contributed by atoms with van der Waals surface area (Å²) in [5.41, 5.74) is 0.491. The third-order valence-corrected chi connectivity index (χ3v) is 6.86. The molecule has 2 heterocycles. The lowest BCUT2D eigenvalue weighted by atomic mass is 10.3. The van der Waals surface area contributed by atoms with Gasteiger partial charge in [0, 0.05) is 32.2 Å². The number of aromatic nitrogens is 2. The van der Waals surface area contributed by atoms with Crippen LogP contribution in [0.5, 0.6) is 0 Å². The summed E-state index contributed by atoms with van der Waals surface area (Å²) in [7, 11) is -3.52. The third kappa shape index (κ3) is 4.08. The van der Waals surface area contributed by atoms with Crippen molar-refractivity contribution in [2.24, 2.45) is 0 Å². The summed E-state index contributed by atoms with van der Waals surface area (Å²) in [6, 6.07) is 21.0. The van der Waals surface area contributed by atoms with Crippen LogP contribution in [0.3, 0.4) is 0 Å². The van der Waals surface area contributed by atoms with Crippen LogP contribution in [0.4, 0.5) is 5.82 Å². The summed E-state index contributed by atoms with van der Waals surface area (Å²) in [6.45, 7) is 1.99. The fourth-order valence-electron chi connectivity index (χ4n) is 3.43. The van der Waals surface area contributed by atoms with Crippen LogP contribution in [0.25, 0.3) is 5.69 Å². The molecule has 1 aliphatic heterocycles. The fourth-order valence-corrected chi connectivity index (χ4v) is 4.92. The standard InChI is InChI=1S/C21H22N4O3S/c26-21-13-12-20(22-25(21)18-8-3-1-4-9-18)23-14-7-15-24(17-16-23)29(27,28)19-10-5-2-6-11-19/h1-6,8-13H,7,14-17H2. The Labute approximate surface area is 169 Å². The van der Waals surface area contributed by atoms with Crippen molar-refractivity contribution in [2.45, 2.75) is 11.3 Å². The number of nitrogens with zero attached hydrogens (tertiary/aromatic N) is 4. The first kappa shape index (κ1) is 19.4. The normalized spacial score (nSPS) is 15.8. The van der Waals surface area contributed by atoms with Crippen LogP contribution in [0.2, 0.25) is 0 Å². The van der Waals surface area contributed by atoms with Crippen molar-refractivity contribution in [1.82, 2.24) is 14.1 Å². The SMILES string of the molecule is O=c1ccc(N2CCCN(S(=O)(=O)c3ccccc3)CC2)nn1-c1ccccc1. The van der Waals surface area contributed by atoms with Gasteiger partial charge >= 0.3 is 0 Å². The quantitative estimate of drug-likeness (QED) is 0.659. The summed E-state index contributed by atoms with van der Waals surface area (Å²) < 4.78 is 28.7. The number of benzene rings is 2. The summed E-state index contributed by atoms with van der Waals surface area (Å²) in [5.74, 6) is 0.660. The fraction of sp³-hybridized carbons (Fsp3) is 0.238. The minimum absolute atomic E-state index is 0.206. The van der Waals surface area contributed by atoms with Crippen LogP contribution in [-0.2, 0) is 10.0 Å². The minimum Gasteiger partial charge on any atom is -0.354 e. The highest BCUT2D eigenvalue weighted by Crippen LogP contribution is 2.19. The second-order valence-electron chi connectivity index (χ2n) is 6.83. The molecule has 29 heavy (non-hydrogen) atoms. The van der Waals surface area contributed by atoms with Crippen LogP contribution in [0.1, 0.15) is 6.42 Å². The number of hydrogen-bond donors (Lipinski definition) is 0. The monoisotopic (exact) mass is 410 g/mol. The first-order chi connectivity index (χ1) is 14.1. The Kier molecular flexibility index (Phi) is 5.46. The van der Waals surface area contributed by atoms with Crippen molar-refractivity contribution >= 4 is 15.8 Å². The smallest absolute Gasteiger partial charge is 0.271 e. The lowest BCUT2D eigenvalue weighted by Crippen LogP contribution is -2.36. The first-order valence-corrected chi connectivity index (χ1v) is 11.0. The molecule has 0 saturated carbocycles. The summed E-state index contributed by atoms with van der Waals surface area (Å²) >= 11 is 0. The molecule has 2 aromatic carbocycles. The highest BCUT2D eigenvalue weighted by atomic mass is 32.2. The zero-order valence-electron chi connectivity index (χ0n) is 15.9. The Morgan fingerprint density at radius 2 is 1.45 bits per heavy atom. The molecule has 0 aliphatic carbocycles. The Bertz CT molecular complexity index is 1130. The van der Waals surface area contributed by atoms with Gasteiger partial charge < -0.3 is 4.90 Å². The predicted molar refractivity (Wildman–Crippen MR) is 112 cm³/mol. The molecule has 3 aromatic rings. The summed E-state index contributed by atoms with van der Waals surface area (Å²) in [6.07, 6.45) is 0.679. The Balaban J connectivity index is 1.56. The molecule has 1 aromatic heterocycles. The largest absolute Gasteiger partial charge is 0.354 e. The molecular weight excluding hydrogens is 388 g/mol. The van der Waals surface area contributed by atoms with Gasteiger partial charge in [-0.15, -0.1) is 5.10 Å². The van der Waals surface area contributed by atoms with E-state index in [1.165, 1.54) is 15.1 Å². The minimum atomic E-state index is -3.52. The Morgan fingerprint density at radius 1 is 0.759 bits per heavy atom. The maximum Gasteiger partial charge on any atom is 0.271 e. The van der Waals surface area contributed by atoms with E-state index in [0.29, 0.717) is 49.0 Å². The van der Waals surface area contributed by atoms with E-state index in [9.17, 15) is 13.2 Å². The lowest BCUT2D eigenvalue weighted by Gasteiger charge is -2.23. The molecule has 0 amide bonds. The average molecular weight is 410 g/mol. The van der Waals surface area contributed by atoms with Gasteiger partial charge in [-0.25, -0.2) is 8.42 Å². The van der Waals surface area contributed by atoms with Gasteiger partial charge in [0.1, 0.15) is 5.82 Å². The molecule has 7 nitrogen and oxygen atoms in total. The molecule has 0 atom stereocenters. The third-order valence-electron chi connectivity index (χ3n) is 4.95. The number of rotatable bonds is 4. The van der Waals surface area contributed by atoms with E-state index in [4.69, 9.17) is 0 Å². The summed E-state index contributed by atoms with van der Waals surface area (Å²) in [4.78, 5) is 14.6. The van der Waals surface area contributed by atoms with Crippen molar-refractivity contribution in [1.29, 1.82) is 0 Å². The van der Waals surface area contributed by atoms with Gasteiger partial charge in [0.05, 0.1) is 10.6 Å². The number of sulfonamides is 1. The van der Waals surface area contributed by atoms with E-state index in [2.05, 4.69) is 5.10 Å². The Hall–Kier alpha value is -2.97. The van der Waals surface area contributed by atoms with Gasteiger partial charge in [0.25, 0.3) is 5.56 Å². The molecule has 8 heteroatoms. The zero-order valence-corrected chi connectivity index (χ0v) is 16.7. The van der Waals surface area contributed by atoms with E-state index >= 15 is 0 Å². The van der Waals surface area contributed by atoms with Gasteiger partial charge in [0.15, 0.2) is 0 Å². The van der Waals surface area contributed by atoms with Crippen LogP contribution in [0.15, 0.2) is 82.5 Å². The predicted octanol–water partition coefficient (Wildman–Crippen LogP) is 2.13. The number of para-hydroxylation sites is 1. The van der Waals surface area contributed by atoms with Gasteiger partial charge in [-0.05, 0) is 36.8 Å². The molecule has 0 spiro atoms. The van der Waals surface area contributed by atoms with Gasteiger partial charge in [-0.1, -0.05) is 36.4 Å². The molecule has 0 bridgehead atoms. The second kappa shape index (κ2) is 8.18. The van der Waals surface area contributed by atoms with E-state index in [0.717, 1.165) is 0 Å². The number of hydrogen-bond acceptors (Lipinski definition) is 5. The summed E-state index contributed by atoms with van der Waals surface area (Å²) in [5, 5.41) is 4.52. The van der Waals surface area contributed by atoms with Crippen LogP contribution < -0.4 is 10.5 Å². The van der Waals surface area contributed by atoms with Crippen molar-refractivity contribution in [2.75, 3.05) is 31.1 Å². The number of anilines is 1. The molecule has 0 N–H and O–H groups in total. The average Bonchev–Trinajstić information content (AvgIpc) is 3.02. The van der Waals surface area contributed by atoms with E-state index in [-0.39, 0.29) is 5.56 Å². The van der Waals surface area contributed by atoms with Crippen LogP contribution in [0, 0.1) is 0 Å². The lowest BCUT2D eigenvalue weighted by molar-refractivity contribution is 0.433. The molecule has 150 valence electrons. The van der Waals surface area contributed by atoms with Gasteiger partial charge in [-0.2, -0.15) is 8.99 Å². The van der Waals surface area contributed by atoms with Crippen molar-refractivity contribution in [3.05, 3.63) is 83.2 Å². The maximum atomic E-state index is 12.9. The molecule has 0 unspecified atom stereocenters. The van der Waals surface area contributed by atoms with E-state index in [1.54, 1.807) is 36.4 Å².